The van der Waals surface area contributed by atoms with Gasteiger partial charge in [0.15, 0.2) is 0 Å². The molecule has 1 aliphatic rings. The van der Waals surface area contributed by atoms with E-state index in [0.717, 1.165) is 31.5 Å². The molecule has 1 heterocycles. The van der Waals surface area contributed by atoms with E-state index in [4.69, 9.17) is 0 Å². The van der Waals surface area contributed by atoms with E-state index in [9.17, 15) is 4.79 Å². The molecule has 3 nitrogen and oxygen atoms in total. The van der Waals surface area contributed by atoms with Crippen molar-refractivity contribution in [2.24, 2.45) is 0 Å². The molecule has 110 valence electrons. The average Bonchev–Trinajstić information content (AvgIpc) is 2.42. The predicted octanol–water partition coefficient (Wildman–Crippen LogP) is 2.56. The summed E-state index contributed by atoms with van der Waals surface area (Å²) in [4.78, 5) is 14.4. The fourth-order valence-corrected chi connectivity index (χ4v) is 2.64. The summed E-state index contributed by atoms with van der Waals surface area (Å²) in [6.07, 6.45) is 2.62. The van der Waals surface area contributed by atoms with Crippen LogP contribution in [0.2, 0.25) is 0 Å². The number of hydrogen-bond acceptors (Lipinski definition) is 2. The number of carbonyl (C=O) groups excluding carboxylic acids is 1. The summed E-state index contributed by atoms with van der Waals surface area (Å²) in [5.74, 6) is 0.689. The minimum absolute atomic E-state index is 0.150. The molecular formula is C17H26N2O. The van der Waals surface area contributed by atoms with E-state index in [-0.39, 0.29) is 5.91 Å². The smallest absolute Gasteiger partial charge is 0.224 e. The molecular weight excluding hydrogens is 248 g/mol. The maximum absolute atomic E-state index is 12.1. The molecule has 1 saturated heterocycles. The van der Waals surface area contributed by atoms with Crippen LogP contribution in [0.15, 0.2) is 24.3 Å². The Bertz CT molecular complexity index is 431. The zero-order valence-electron chi connectivity index (χ0n) is 12.9. The normalized spacial score (nSPS) is 17.4. The van der Waals surface area contributed by atoms with Crippen LogP contribution >= 0.6 is 0 Å². The first-order valence-electron chi connectivity index (χ1n) is 7.61. The first-order valence-corrected chi connectivity index (χ1v) is 7.61. The Kier molecular flexibility index (Phi) is 5.18. The first kappa shape index (κ1) is 15.0. The van der Waals surface area contributed by atoms with Gasteiger partial charge in [0, 0.05) is 6.04 Å². The molecule has 0 unspecified atom stereocenters. The van der Waals surface area contributed by atoms with Gasteiger partial charge in [0.1, 0.15) is 0 Å². The van der Waals surface area contributed by atoms with E-state index in [1.165, 1.54) is 5.56 Å². The third-order valence-corrected chi connectivity index (χ3v) is 4.09. The Morgan fingerprint density at radius 1 is 1.25 bits per heavy atom. The lowest BCUT2D eigenvalue weighted by Crippen LogP contribution is -2.43. The number of carbonyl (C=O) groups is 1. The van der Waals surface area contributed by atoms with Gasteiger partial charge >= 0.3 is 0 Å². The van der Waals surface area contributed by atoms with Crippen LogP contribution in [0.5, 0.6) is 0 Å². The third kappa shape index (κ3) is 4.34. The highest BCUT2D eigenvalue weighted by Crippen LogP contribution is 2.15. The van der Waals surface area contributed by atoms with Gasteiger partial charge in [-0.1, -0.05) is 38.1 Å². The Morgan fingerprint density at radius 2 is 1.85 bits per heavy atom. The van der Waals surface area contributed by atoms with Crippen LogP contribution in [0.3, 0.4) is 0 Å². The molecule has 0 saturated carbocycles. The number of benzene rings is 1. The quantitative estimate of drug-likeness (QED) is 0.915. The van der Waals surface area contributed by atoms with Crippen molar-refractivity contribution in [1.82, 2.24) is 10.2 Å². The lowest BCUT2D eigenvalue weighted by molar-refractivity contribution is -0.121. The van der Waals surface area contributed by atoms with Gasteiger partial charge in [-0.05, 0) is 50.0 Å². The molecule has 0 spiro atoms. The van der Waals surface area contributed by atoms with E-state index >= 15 is 0 Å². The molecule has 0 bridgehead atoms. The zero-order chi connectivity index (χ0) is 14.5. The molecule has 0 aliphatic carbocycles. The predicted molar refractivity (Wildman–Crippen MR) is 82.9 cm³/mol. The minimum atomic E-state index is 0.150. The molecule has 20 heavy (non-hydrogen) atoms. The highest BCUT2D eigenvalue weighted by atomic mass is 16.1. The molecule has 1 aromatic carbocycles. The summed E-state index contributed by atoms with van der Waals surface area (Å²) in [5, 5.41) is 3.16. The zero-order valence-corrected chi connectivity index (χ0v) is 12.9. The van der Waals surface area contributed by atoms with Crippen molar-refractivity contribution in [3.05, 3.63) is 35.4 Å². The van der Waals surface area contributed by atoms with Crippen LogP contribution in [-0.2, 0) is 11.2 Å². The van der Waals surface area contributed by atoms with Crippen molar-refractivity contribution in [2.45, 2.75) is 45.1 Å². The topological polar surface area (TPSA) is 32.3 Å². The van der Waals surface area contributed by atoms with E-state index in [0.29, 0.717) is 18.4 Å². The maximum atomic E-state index is 12.1. The Labute approximate surface area is 122 Å². The summed E-state index contributed by atoms with van der Waals surface area (Å²) < 4.78 is 0. The Morgan fingerprint density at radius 3 is 2.40 bits per heavy atom. The number of hydrogen-bond donors (Lipinski definition) is 1. The monoisotopic (exact) mass is 274 g/mol. The van der Waals surface area contributed by atoms with Crippen LogP contribution in [-0.4, -0.2) is 37.0 Å². The van der Waals surface area contributed by atoms with Gasteiger partial charge in [-0.25, -0.2) is 0 Å². The van der Waals surface area contributed by atoms with Crippen molar-refractivity contribution in [3.8, 4) is 0 Å². The van der Waals surface area contributed by atoms with Gasteiger partial charge in [0.2, 0.25) is 5.91 Å². The molecule has 1 aliphatic heterocycles. The molecule has 3 heteroatoms. The summed E-state index contributed by atoms with van der Waals surface area (Å²) in [6.45, 7) is 6.52. The molecule has 1 N–H and O–H groups in total. The van der Waals surface area contributed by atoms with Gasteiger partial charge in [-0.15, -0.1) is 0 Å². The highest BCUT2D eigenvalue weighted by molar-refractivity contribution is 5.78. The van der Waals surface area contributed by atoms with E-state index in [2.05, 4.69) is 55.4 Å². The number of rotatable bonds is 4. The van der Waals surface area contributed by atoms with Gasteiger partial charge < -0.3 is 10.2 Å². The second-order valence-corrected chi connectivity index (χ2v) is 6.22. The lowest BCUT2D eigenvalue weighted by atomic mass is 10.0. The van der Waals surface area contributed by atoms with Gasteiger partial charge in [-0.3, -0.25) is 4.79 Å². The van der Waals surface area contributed by atoms with Crippen LogP contribution in [0.25, 0.3) is 0 Å². The number of nitrogens with zero attached hydrogens (tertiary/aromatic N) is 1. The average molecular weight is 274 g/mol. The largest absolute Gasteiger partial charge is 0.353 e. The van der Waals surface area contributed by atoms with Crippen molar-refractivity contribution >= 4 is 5.91 Å². The van der Waals surface area contributed by atoms with Crippen molar-refractivity contribution in [1.29, 1.82) is 0 Å². The standard InChI is InChI=1S/C17H26N2O/c1-13(2)15-6-4-14(5-7-15)12-17(20)18-16-8-10-19(3)11-9-16/h4-7,13,16H,8-12H2,1-3H3,(H,18,20). The molecule has 1 amide bonds. The lowest BCUT2D eigenvalue weighted by Gasteiger charge is -2.29. The second kappa shape index (κ2) is 6.89. The molecule has 0 aromatic heterocycles. The second-order valence-electron chi connectivity index (χ2n) is 6.22. The summed E-state index contributed by atoms with van der Waals surface area (Å²) in [7, 11) is 2.13. The van der Waals surface area contributed by atoms with E-state index < -0.39 is 0 Å². The highest BCUT2D eigenvalue weighted by Gasteiger charge is 2.18. The number of likely N-dealkylation sites (tertiary alicyclic amines) is 1. The Hall–Kier alpha value is -1.35. The van der Waals surface area contributed by atoms with Crippen LogP contribution in [0.4, 0.5) is 0 Å². The molecule has 1 aromatic rings. The molecule has 0 radical (unpaired) electrons. The van der Waals surface area contributed by atoms with Crippen molar-refractivity contribution in [2.75, 3.05) is 20.1 Å². The van der Waals surface area contributed by atoms with E-state index in [1.807, 2.05) is 0 Å². The van der Waals surface area contributed by atoms with Gasteiger partial charge in [0.25, 0.3) is 0 Å². The third-order valence-electron chi connectivity index (χ3n) is 4.09. The van der Waals surface area contributed by atoms with Crippen LogP contribution in [0.1, 0.15) is 43.7 Å². The summed E-state index contributed by atoms with van der Waals surface area (Å²) in [5.41, 5.74) is 2.42. The fourth-order valence-electron chi connectivity index (χ4n) is 2.64. The van der Waals surface area contributed by atoms with Gasteiger partial charge in [-0.2, -0.15) is 0 Å². The van der Waals surface area contributed by atoms with Crippen molar-refractivity contribution in [3.63, 3.8) is 0 Å². The summed E-state index contributed by atoms with van der Waals surface area (Å²) >= 11 is 0. The summed E-state index contributed by atoms with van der Waals surface area (Å²) in [6, 6.07) is 8.76. The van der Waals surface area contributed by atoms with Gasteiger partial charge in [0.05, 0.1) is 6.42 Å². The number of nitrogens with one attached hydrogen (secondary N) is 1. The SMILES string of the molecule is CC(C)c1ccc(CC(=O)NC2CCN(C)CC2)cc1. The number of amides is 1. The number of piperidine rings is 1. The minimum Gasteiger partial charge on any atom is -0.353 e. The van der Waals surface area contributed by atoms with E-state index in [1.54, 1.807) is 0 Å². The Balaban J connectivity index is 1.82. The van der Waals surface area contributed by atoms with Crippen LogP contribution < -0.4 is 5.32 Å². The molecule has 2 rings (SSSR count). The maximum Gasteiger partial charge on any atom is 0.224 e. The molecule has 0 atom stereocenters. The molecule has 1 fully saturated rings. The van der Waals surface area contributed by atoms with Crippen molar-refractivity contribution < 1.29 is 4.79 Å². The van der Waals surface area contributed by atoms with Crippen LogP contribution in [0, 0.1) is 0 Å². The first-order chi connectivity index (χ1) is 9.54. The fraction of sp³-hybridized carbons (Fsp3) is 0.588.